The van der Waals surface area contributed by atoms with Crippen LogP contribution in [-0.2, 0) is 4.74 Å². The van der Waals surface area contributed by atoms with Gasteiger partial charge in [0.25, 0.3) is 0 Å². The van der Waals surface area contributed by atoms with Crippen LogP contribution < -0.4 is 8.85 Å². The van der Waals surface area contributed by atoms with Crippen LogP contribution in [0.4, 0.5) is 0 Å². The number of rotatable bonds is 6. The summed E-state index contributed by atoms with van der Waals surface area (Å²) >= 11 is 0. The lowest BCUT2D eigenvalue weighted by Crippen LogP contribution is -2.43. The van der Waals surface area contributed by atoms with E-state index < -0.39 is 16.6 Å². The third-order valence-corrected chi connectivity index (χ3v) is 17.6. The second kappa shape index (κ2) is 9.72. The molecule has 0 amide bonds. The molecule has 0 spiro atoms. The topological polar surface area (TPSA) is 27.7 Å². The molecule has 3 rings (SSSR count). The molecule has 0 radical (unpaired) electrons. The second-order valence-electron chi connectivity index (χ2n) is 13.6. The van der Waals surface area contributed by atoms with Crippen LogP contribution in [0, 0.1) is 11.8 Å². The normalized spacial score (nSPS) is 23.9. The van der Waals surface area contributed by atoms with Crippen molar-refractivity contribution in [2.45, 2.75) is 104 Å². The number of ether oxygens (including phenoxy) is 1. The third-order valence-electron chi connectivity index (χ3n) is 8.85. The molecule has 194 valence electrons. The Kier molecular flexibility index (Phi) is 7.78. The van der Waals surface area contributed by atoms with Gasteiger partial charge in [0.15, 0.2) is 0 Å². The molecule has 2 aromatic carbocycles. The summed E-state index contributed by atoms with van der Waals surface area (Å²) in [5.41, 5.74) is 2.46. The average molecular weight is 513 g/mol. The summed E-state index contributed by atoms with van der Waals surface area (Å²) in [5.74, 6) is 2.78. The monoisotopic (exact) mass is 512 g/mol. The molecule has 0 bridgehead atoms. The van der Waals surface area contributed by atoms with E-state index in [2.05, 4.69) is 130 Å². The highest BCUT2D eigenvalue weighted by Crippen LogP contribution is 2.49. The second-order valence-corrected chi connectivity index (χ2v) is 23.0. The molecule has 3 nitrogen and oxygen atoms in total. The van der Waals surface area contributed by atoms with Gasteiger partial charge >= 0.3 is 0 Å². The van der Waals surface area contributed by atoms with E-state index in [1.807, 2.05) is 0 Å². The Morgan fingerprint density at radius 1 is 0.571 bits per heavy atom. The molecule has 0 aliphatic carbocycles. The zero-order chi connectivity index (χ0) is 26.4. The maximum Gasteiger partial charge on any atom is 0.250 e. The molecular formula is C30H48O3Si2. The Morgan fingerprint density at radius 3 is 1.11 bits per heavy atom. The SMILES string of the molecule is C[C@@H]1[C@@H](C)[C@H](c2ccc(O[Si](C)(C)C(C)(C)C)cc2)O[C@H]1c1ccc(O[Si](C)(C)C(C)(C)C)cc1. The van der Waals surface area contributed by atoms with Crippen molar-refractivity contribution < 1.29 is 13.6 Å². The Bertz CT molecular complexity index is 901. The Balaban J connectivity index is 1.72. The van der Waals surface area contributed by atoms with Gasteiger partial charge in [0.05, 0.1) is 12.2 Å². The van der Waals surface area contributed by atoms with Gasteiger partial charge in [-0.2, -0.15) is 0 Å². The molecule has 2 aromatic rings. The third kappa shape index (κ3) is 6.06. The van der Waals surface area contributed by atoms with Gasteiger partial charge in [-0.3, -0.25) is 0 Å². The maximum absolute atomic E-state index is 6.68. The lowest BCUT2D eigenvalue weighted by atomic mass is 9.85. The van der Waals surface area contributed by atoms with Gasteiger partial charge < -0.3 is 13.6 Å². The fourth-order valence-electron chi connectivity index (χ4n) is 4.07. The van der Waals surface area contributed by atoms with Crippen molar-refractivity contribution in [1.82, 2.24) is 0 Å². The molecule has 4 atom stereocenters. The smallest absolute Gasteiger partial charge is 0.250 e. The summed E-state index contributed by atoms with van der Waals surface area (Å²) in [6.07, 6.45) is 0.167. The lowest BCUT2D eigenvalue weighted by molar-refractivity contribution is 0.0290. The predicted molar refractivity (Wildman–Crippen MR) is 153 cm³/mol. The number of hydrogen-bond donors (Lipinski definition) is 0. The van der Waals surface area contributed by atoms with E-state index in [0.717, 1.165) is 11.5 Å². The van der Waals surface area contributed by atoms with Gasteiger partial charge in [-0.15, -0.1) is 0 Å². The Labute approximate surface area is 216 Å². The summed E-state index contributed by atoms with van der Waals surface area (Å²) < 4.78 is 19.6. The quantitative estimate of drug-likeness (QED) is 0.361. The van der Waals surface area contributed by atoms with E-state index in [-0.39, 0.29) is 22.3 Å². The minimum Gasteiger partial charge on any atom is -0.544 e. The van der Waals surface area contributed by atoms with Gasteiger partial charge in [0.1, 0.15) is 11.5 Å². The van der Waals surface area contributed by atoms with Gasteiger partial charge in [-0.05, 0) is 83.5 Å². The molecule has 1 aliphatic heterocycles. The van der Waals surface area contributed by atoms with Crippen LogP contribution in [0.3, 0.4) is 0 Å². The van der Waals surface area contributed by atoms with Crippen LogP contribution >= 0.6 is 0 Å². The van der Waals surface area contributed by atoms with Crippen molar-refractivity contribution in [3.63, 3.8) is 0 Å². The molecule has 0 saturated carbocycles. The van der Waals surface area contributed by atoms with Crippen LogP contribution in [-0.4, -0.2) is 16.6 Å². The van der Waals surface area contributed by atoms with Crippen molar-refractivity contribution in [2.75, 3.05) is 0 Å². The van der Waals surface area contributed by atoms with Crippen molar-refractivity contribution in [2.24, 2.45) is 11.8 Å². The molecule has 1 fully saturated rings. The van der Waals surface area contributed by atoms with Gasteiger partial charge in [0.2, 0.25) is 16.6 Å². The summed E-state index contributed by atoms with van der Waals surface area (Å²) in [4.78, 5) is 0. The summed E-state index contributed by atoms with van der Waals surface area (Å²) in [6, 6.07) is 17.2. The van der Waals surface area contributed by atoms with Crippen molar-refractivity contribution >= 4 is 16.6 Å². The van der Waals surface area contributed by atoms with Crippen LogP contribution in [0.25, 0.3) is 0 Å². The first-order valence-corrected chi connectivity index (χ1v) is 19.0. The van der Waals surface area contributed by atoms with Crippen molar-refractivity contribution in [3.8, 4) is 11.5 Å². The van der Waals surface area contributed by atoms with E-state index in [1.165, 1.54) is 11.1 Å². The molecule has 0 N–H and O–H groups in total. The molecule has 1 saturated heterocycles. The molecule has 1 heterocycles. The van der Waals surface area contributed by atoms with Crippen LogP contribution in [0.1, 0.15) is 78.7 Å². The van der Waals surface area contributed by atoms with Gasteiger partial charge in [-0.25, -0.2) is 0 Å². The highest BCUT2D eigenvalue weighted by molar-refractivity contribution is 6.75. The molecule has 35 heavy (non-hydrogen) atoms. The van der Waals surface area contributed by atoms with Crippen molar-refractivity contribution in [3.05, 3.63) is 59.7 Å². The van der Waals surface area contributed by atoms with Gasteiger partial charge in [0, 0.05) is 0 Å². The molecular weight excluding hydrogens is 464 g/mol. The first-order chi connectivity index (χ1) is 15.9. The fourth-order valence-corrected chi connectivity index (χ4v) is 6.13. The van der Waals surface area contributed by atoms with Crippen molar-refractivity contribution in [1.29, 1.82) is 0 Å². The highest BCUT2D eigenvalue weighted by Gasteiger charge is 2.42. The van der Waals surface area contributed by atoms with E-state index in [0.29, 0.717) is 11.8 Å². The van der Waals surface area contributed by atoms with Gasteiger partial charge in [-0.1, -0.05) is 79.7 Å². The maximum atomic E-state index is 6.68. The zero-order valence-electron chi connectivity index (χ0n) is 24.2. The molecule has 1 aliphatic rings. The zero-order valence-corrected chi connectivity index (χ0v) is 26.2. The standard InChI is InChI=1S/C30H48O3Si2/c1-21-22(2)28(24-15-19-26(20-16-24)33-35(11,12)30(6,7)8)31-27(21)23-13-17-25(18-14-23)32-34(9,10)29(3,4)5/h13-22,27-28H,1-12H3/t21-,22-,27-,28-/m1/s1. The fraction of sp³-hybridized carbons (Fsp3) is 0.600. The van der Waals surface area contributed by atoms with E-state index >= 15 is 0 Å². The van der Waals surface area contributed by atoms with E-state index in [1.54, 1.807) is 0 Å². The van der Waals surface area contributed by atoms with E-state index in [4.69, 9.17) is 13.6 Å². The number of hydrogen-bond acceptors (Lipinski definition) is 3. The highest BCUT2D eigenvalue weighted by atomic mass is 28.4. The van der Waals surface area contributed by atoms with Crippen LogP contribution in [0.15, 0.2) is 48.5 Å². The average Bonchev–Trinajstić information content (AvgIpc) is 3.02. The predicted octanol–water partition coefficient (Wildman–Crippen LogP) is 9.54. The van der Waals surface area contributed by atoms with Crippen LogP contribution in [0.2, 0.25) is 36.3 Å². The Morgan fingerprint density at radius 2 is 0.857 bits per heavy atom. The minimum absolute atomic E-state index is 0.0834. The van der Waals surface area contributed by atoms with Crippen LogP contribution in [0.5, 0.6) is 11.5 Å². The molecule has 5 heteroatoms. The molecule has 0 unspecified atom stereocenters. The minimum atomic E-state index is -1.84. The first-order valence-electron chi connectivity index (χ1n) is 13.2. The molecule has 0 aromatic heterocycles. The first kappa shape index (κ1) is 28.0. The largest absolute Gasteiger partial charge is 0.544 e. The Hall–Kier alpha value is -1.57. The number of benzene rings is 2. The summed E-state index contributed by atoms with van der Waals surface area (Å²) in [6.45, 7) is 27.4. The lowest BCUT2D eigenvalue weighted by Gasteiger charge is -2.36. The summed E-state index contributed by atoms with van der Waals surface area (Å²) in [7, 11) is -3.69. The van der Waals surface area contributed by atoms with E-state index in [9.17, 15) is 0 Å². The summed E-state index contributed by atoms with van der Waals surface area (Å²) in [5, 5.41) is 0.366.